The first kappa shape index (κ1) is 17.6. The van der Waals surface area contributed by atoms with Crippen molar-refractivity contribution in [1.82, 2.24) is 0 Å². The standard InChI is InChI=1S/C23H18O6/c1-2-26-23(25)21-18(14-11-13-7-3-5-9-16(13)27-12-14)19-20(29-21)15-8-4-6-10-17(15)28-22(19)24/h3-11,18,21H,2,12H2,1H3/t18-,21+/m1/s1. The molecule has 0 amide bonds. The molecule has 0 saturated heterocycles. The fourth-order valence-electron chi connectivity index (χ4n) is 3.98. The minimum atomic E-state index is -0.973. The highest BCUT2D eigenvalue weighted by atomic mass is 16.6. The third-order valence-corrected chi connectivity index (χ3v) is 5.23. The Hall–Kier alpha value is -3.54. The van der Waals surface area contributed by atoms with Crippen LogP contribution in [0.25, 0.3) is 17.0 Å². The van der Waals surface area contributed by atoms with Crippen LogP contribution < -0.4 is 15.1 Å². The van der Waals surface area contributed by atoms with Gasteiger partial charge in [-0.3, -0.25) is 0 Å². The van der Waals surface area contributed by atoms with E-state index in [0.717, 1.165) is 16.9 Å². The predicted octanol–water partition coefficient (Wildman–Crippen LogP) is 3.68. The van der Waals surface area contributed by atoms with Gasteiger partial charge in [0, 0.05) is 5.56 Å². The Balaban J connectivity index is 1.70. The van der Waals surface area contributed by atoms with Gasteiger partial charge in [-0.15, -0.1) is 0 Å². The van der Waals surface area contributed by atoms with Gasteiger partial charge in [0.2, 0.25) is 6.10 Å². The van der Waals surface area contributed by atoms with Crippen molar-refractivity contribution >= 4 is 23.0 Å². The van der Waals surface area contributed by atoms with Crippen molar-refractivity contribution in [3.8, 4) is 11.5 Å². The monoisotopic (exact) mass is 390 g/mol. The molecule has 0 N–H and O–H groups in total. The number of rotatable bonds is 3. The molecule has 0 unspecified atom stereocenters. The van der Waals surface area contributed by atoms with Crippen LogP contribution in [0.1, 0.15) is 24.0 Å². The lowest BCUT2D eigenvalue weighted by molar-refractivity contribution is -0.151. The second-order valence-corrected chi connectivity index (χ2v) is 6.94. The van der Waals surface area contributed by atoms with Crippen molar-refractivity contribution in [2.45, 2.75) is 18.9 Å². The van der Waals surface area contributed by atoms with Crippen molar-refractivity contribution in [3.63, 3.8) is 0 Å². The van der Waals surface area contributed by atoms with Crippen molar-refractivity contribution in [2.75, 3.05) is 13.2 Å². The summed E-state index contributed by atoms with van der Waals surface area (Å²) in [6.07, 6.45) is 0.974. The predicted molar refractivity (Wildman–Crippen MR) is 106 cm³/mol. The summed E-state index contributed by atoms with van der Waals surface area (Å²) in [6.45, 7) is 2.19. The number of ether oxygens (including phenoxy) is 3. The Bertz CT molecular complexity index is 1210. The van der Waals surface area contributed by atoms with Gasteiger partial charge in [0.05, 0.1) is 23.5 Å². The van der Waals surface area contributed by atoms with E-state index in [4.69, 9.17) is 18.6 Å². The first-order valence-electron chi connectivity index (χ1n) is 9.48. The maximum atomic E-state index is 12.9. The van der Waals surface area contributed by atoms with E-state index in [1.165, 1.54) is 0 Å². The lowest BCUT2D eigenvalue weighted by atomic mass is 9.86. The average Bonchev–Trinajstić information content (AvgIpc) is 3.15. The number of carbonyl (C=O) groups excluding carboxylic acids is 1. The van der Waals surface area contributed by atoms with Crippen LogP contribution in [0.15, 0.2) is 63.3 Å². The smallest absolute Gasteiger partial charge is 0.348 e. The molecule has 0 spiro atoms. The van der Waals surface area contributed by atoms with Gasteiger partial charge >= 0.3 is 11.6 Å². The van der Waals surface area contributed by atoms with Gasteiger partial charge in [-0.05, 0) is 36.8 Å². The summed E-state index contributed by atoms with van der Waals surface area (Å²) in [7, 11) is 0. The van der Waals surface area contributed by atoms with Crippen molar-refractivity contribution in [1.29, 1.82) is 0 Å². The van der Waals surface area contributed by atoms with Gasteiger partial charge < -0.3 is 18.6 Å². The number of esters is 1. The Morgan fingerprint density at radius 1 is 1.14 bits per heavy atom. The summed E-state index contributed by atoms with van der Waals surface area (Å²) in [5.41, 5.74) is 1.88. The number of hydrogen-bond acceptors (Lipinski definition) is 6. The molecule has 0 fully saturated rings. The van der Waals surface area contributed by atoms with E-state index in [9.17, 15) is 9.59 Å². The van der Waals surface area contributed by atoms with Gasteiger partial charge in [0.15, 0.2) is 0 Å². The molecule has 6 heteroatoms. The SMILES string of the molecule is CCOC(=O)[C@H]1Oc2c(c(=O)oc3ccccc23)[C@H]1C1=Cc2ccccc2OC1. The van der Waals surface area contributed by atoms with Crippen LogP contribution in [0.4, 0.5) is 0 Å². The highest BCUT2D eigenvalue weighted by Crippen LogP contribution is 2.46. The number of para-hydroxylation sites is 2. The Morgan fingerprint density at radius 2 is 1.93 bits per heavy atom. The molecule has 0 bridgehead atoms. The van der Waals surface area contributed by atoms with Crippen LogP contribution in [0.5, 0.6) is 11.5 Å². The molecular formula is C23H18O6. The van der Waals surface area contributed by atoms with Gasteiger partial charge in [-0.1, -0.05) is 30.3 Å². The maximum absolute atomic E-state index is 12.9. The summed E-state index contributed by atoms with van der Waals surface area (Å²) in [4.78, 5) is 25.6. The Morgan fingerprint density at radius 3 is 2.79 bits per heavy atom. The van der Waals surface area contributed by atoms with Crippen LogP contribution in [-0.2, 0) is 9.53 Å². The minimum absolute atomic E-state index is 0.218. The maximum Gasteiger partial charge on any atom is 0.348 e. The van der Waals surface area contributed by atoms with E-state index in [1.807, 2.05) is 42.5 Å². The Labute approximate surface area is 166 Å². The molecule has 0 saturated carbocycles. The zero-order valence-electron chi connectivity index (χ0n) is 15.7. The van der Waals surface area contributed by atoms with Crippen LogP contribution >= 0.6 is 0 Å². The van der Waals surface area contributed by atoms with Crippen molar-refractivity contribution in [2.24, 2.45) is 0 Å². The molecule has 146 valence electrons. The van der Waals surface area contributed by atoms with E-state index in [-0.39, 0.29) is 13.2 Å². The lowest BCUT2D eigenvalue weighted by Gasteiger charge is -2.24. The highest BCUT2D eigenvalue weighted by molar-refractivity contribution is 5.89. The summed E-state index contributed by atoms with van der Waals surface area (Å²) in [5, 5.41) is 0.650. The molecule has 1 aromatic heterocycles. The van der Waals surface area contributed by atoms with E-state index < -0.39 is 23.6 Å². The van der Waals surface area contributed by atoms with Crippen molar-refractivity contribution < 1.29 is 23.4 Å². The molecule has 2 atom stereocenters. The molecule has 0 radical (unpaired) electrons. The third kappa shape index (κ3) is 2.79. The molecule has 2 aliphatic rings. The van der Waals surface area contributed by atoms with E-state index in [2.05, 4.69) is 0 Å². The topological polar surface area (TPSA) is 75.0 Å². The van der Waals surface area contributed by atoms with Crippen LogP contribution in [0.2, 0.25) is 0 Å². The average molecular weight is 390 g/mol. The third-order valence-electron chi connectivity index (χ3n) is 5.23. The number of hydrogen-bond donors (Lipinski definition) is 0. The summed E-state index contributed by atoms with van der Waals surface area (Å²) < 4.78 is 22.7. The lowest BCUT2D eigenvalue weighted by Crippen LogP contribution is -2.34. The molecule has 6 nitrogen and oxygen atoms in total. The number of fused-ring (bicyclic) bond motifs is 4. The van der Waals surface area contributed by atoms with E-state index in [1.54, 1.807) is 19.1 Å². The first-order valence-corrected chi connectivity index (χ1v) is 9.48. The molecule has 3 heterocycles. The van der Waals surface area contributed by atoms with Crippen LogP contribution in [0.3, 0.4) is 0 Å². The van der Waals surface area contributed by atoms with Crippen molar-refractivity contribution in [3.05, 3.63) is 75.7 Å². The second-order valence-electron chi connectivity index (χ2n) is 6.94. The molecule has 2 aliphatic heterocycles. The molecule has 29 heavy (non-hydrogen) atoms. The fraction of sp³-hybridized carbons (Fsp3) is 0.217. The quantitative estimate of drug-likeness (QED) is 0.502. The minimum Gasteiger partial charge on any atom is -0.489 e. The molecule has 5 rings (SSSR count). The van der Waals surface area contributed by atoms with Gasteiger partial charge in [-0.2, -0.15) is 0 Å². The summed E-state index contributed by atoms with van der Waals surface area (Å²) in [5.74, 6) is -0.0246. The number of benzene rings is 2. The molecule has 0 aliphatic carbocycles. The van der Waals surface area contributed by atoms with E-state index >= 15 is 0 Å². The largest absolute Gasteiger partial charge is 0.489 e. The zero-order chi connectivity index (χ0) is 20.0. The molecule has 2 aromatic carbocycles. The number of carbonyl (C=O) groups is 1. The fourth-order valence-corrected chi connectivity index (χ4v) is 3.98. The van der Waals surface area contributed by atoms with Gasteiger partial charge in [0.1, 0.15) is 23.7 Å². The normalized spacial score (nSPS) is 19.6. The van der Waals surface area contributed by atoms with E-state index in [0.29, 0.717) is 22.3 Å². The van der Waals surface area contributed by atoms with Crippen LogP contribution in [-0.4, -0.2) is 25.3 Å². The first-order chi connectivity index (χ1) is 14.2. The van der Waals surface area contributed by atoms with Gasteiger partial charge in [0.25, 0.3) is 0 Å². The van der Waals surface area contributed by atoms with Crippen LogP contribution in [0, 0.1) is 0 Å². The van der Waals surface area contributed by atoms with Gasteiger partial charge in [-0.25, -0.2) is 9.59 Å². The highest BCUT2D eigenvalue weighted by Gasteiger charge is 2.46. The molecule has 3 aromatic rings. The Kier molecular flexibility index (Phi) is 4.12. The summed E-state index contributed by atoms with van der Waals surface area (Å²) in [6, 6.07) is 14.7. The second kappa shape index (κ2) is 6.81. The zero-order valence-corrected chi connectivity index (χ0v) is 15.7. The summed E-state index contributed by atoms with van der Waals surface area (Å²) >= 11 is 0. The molecular weight excluding hydrogens is 372 g/mol.